The van der Waals surface area contributed by atoms with Crippen molar-refractivity contribution in [2.45, 2.75) is 32.2 Å². The molecular formula is C17H21N5O. The van der Waals surface area contributed by atoms with Gasteiger partial charge in [-0.15, -0.1) is 0 Å². The van der Waals surface area contributed by atoms with Gasteiger partial charge in [-0.05, 0) is 31.4 Å². The molecule has 6 heteroatoms. The molecule has 1 fully saturated rings. The number of aromatic nitrogens is 2. The van der Waals surface area contributed by atoms with Crippen molar-refractivity contribution in [1.82, 2.24) is 19.6 Å². The molecule has 0 radical (unpaired) electrons. The van der Waals surface area contributed by atoms with E-state index in [1.165, 1.54) is 6.42 Å². The van der Waals surface area contributed by atoms with Crippen LogP contribution in [0.1, 0.15) is 36.9 Å². The molecule has 1 aliphatic rings. The Labute approximate surface area is 135 Å². The lowest BCUT2D eigenvalue weighted by Crippen LogP contribution is -2.37. The normalized spacial score (nSPS) is 14.8. The summed E-state index contributed by atoms with van der Waals surface area (Å²) in [5, 5.41) is 12.3. The van der Waals surface area contributed by atoms with Crippen molar-refractivity contribution >= 4 is 11.6 Å². The first kappa shape index (κ1) is 15.5. The zero-order valence-corrected chi connectivity index (χ0v) is 13.2. The van der Waals surface area contributed by atoms with Gasteiger partial charge in [0.25, 0.3) is 0 Å². The first-order chi connectivity index (χ1) is 11.3. The maximum Gasteiger partial charge on any atom is 0.223 e. The summed E-state index contributed by atoms with van der Waals surface area (Å²) in [5.41, 5.74) is 2.42. The van der Waals surface area contributed by atoms with E-state index in [1.807, 2.05) is 15.4 Å². The summed E-state index contributed by atoms with van der Waals surface area (Å²) in [5.74, 6) is 0.238. The van der Waals surface area contributed by atoms with E-state index >= 15 is 0 Å². The Kier molecular flexibility index (Phi) is 4.89. The van der Waals surface area contributed by atoms with Gasteiger partial charge < -0.3 is 14.6 Å². The van der Waals surface area contributed by atoms with Crippen LogP contribution in [0.4, 0.5) is 0 Å². The number of carbonyl (C=O) groups is 1. The molecule has 6 nitrogen and oxygen atoms in total. The van der Waals surface area contributed by atoms with Crippen molar-refractivity contribution < 1.29 is 4.79 Å². The molecule has 2 aromatic heterocycles. The SMILES string of the molecule is N#Cc1ccc2ncc(CNCCC(=O)N3CCCCC3)n2c1. The summed E-state index contributed by atoms with van der Waals surface area (Å²) in [6, 6.07) is 5.73. The highest BCUT2D eigenvalue weighted by Crippen LogP contribution is 2.10. The van der Waals surface area contributed by atoms with Crippen LogP contribution in [0, 0.1) is 11.3 Å². The number of carbonyl (C=O) groups excluding carboxylic acids is 1. The van der Waals surface area contributed by atoms with Crippen LogP contribution in [0.15, 0.2) is 24.5 Å². The Morgan fingerprint density at radius 2 is 2.13 bits per heavy atom. The lowest BCUT2D eigenvalue weighted by Gasteiger charge is -2.26. The van der Waals surface area contributed by atoms with Crippen LogP contribution in [0.2, 0.25) is 0 Å². The molecule has 0 aromatic carbocycles. The van der Waals surface area contributed by atoms with E-state index in [-0.39, 0.29) is 5.91 Å². The second-order valence-corrected chi connectivity index (χ2v) is 5.88. The van der Waals surface area contributed by atoms with E-state index < -0.39 is 0 Å². The third-order valence-corrected chi connectivity index (χ3v) is 4.24. The van der Waals surface area contributed by atoms with Gasteiger partial charge in [0.15, 0.2) is 0 Å². The van der Waals surface area contributed by atoms with E-state index in [9.17, 15) is 4.79 Å². The third kappa shape index (κ3) is 3.69. The number of nitrogens with one attached hydrogen (secondary N) is 1. The molecule has 1 amide bonds. The van der Waals surface area contributed by atoms with Gasteiger partial charge in [0.05, 0.1) is 17.5 Å². The van der Waals surface area contributed by atoms with Crippen molar-refractivity contribution in [3.8, 4) is 6.07 Å². The first-order valence-electron chi connectivity index (χ1n) is 8.12. The van der Waals surface area contributed by atoms with Crippen LogP contribution < -0.4 is 5.32 Å². The second kappa shape index (κ2) is 7.25. The number of nitriles is 1. The first-order valence-corrected chi connectivity index (χ1v) is 8.12. The van der Waals surface area contributed by atoms with Gasteiger partial charge in [-0.1, -0.05) is 0 Å². The molecule has 1 N–H and O–H groups in total. The van der Waals surface area contributed by atoms with Crippen LogP contribution in [0.3, 0.4) is 0 Å². The van der Waals surface area contributed by atoms with Crippen LogP contribution in [0.25, 0.3) is 5.65 Å². The third-order valence-electron chi connectivity index (χ3n) is 4.24. The molecule has 0 bridgehead atoms. The zero-order chi connectivity index (χ0) is 16.1. The largest absolute Gasteiger partial charge is 0.343 e. The molecule has 0 aliphatic carbocycles. The Balaban J connectivity index is 1.51. The minimum Gasteiger partial charge on any atom is -0.343 e. The van der Waals surface area contributed by atoms with E-state index in [0.29, 0.717) is 25.1 Å². The minimum absolute atomic E-state index is 0.238. The number of piperidine rings is 1. The molecular weight excluding hydrogens is 290 g/mol. The lowest BCUT2D eigenvalue weighted by molar-refractivity contribution is -0.131. The van der Waals surface area contributed by atoms with Crippen LogP contribution in [0.5, 0.6) is 0 Å². The highest BCUT2D eigenvalue weighted by molar-refractivity contribution is 5.76. The fourth-order valence-electron chi connectivity index (χ4n) is 2.94. The Bertz CT molecular complexity index is 724. The molecule has 23 heavy (non-hydrogen) atoms. The fourth-order valence-corrected chi connectivity index (χ4v) is 2.94. The van der Waals surface area contributed by atoms with Crippen LogP contribution in [-0.4, -0.2) is 39.8 Å². The summed E-state index contributed by atoms with van der Waals surface area (Å²) < 4.78 is 1.91. The van der Waals surface area contributed by atoms with Crippen molar-refractivity contribution in [3.05, 3.63) is 35.8 Å². The zero-order valence-electron chi connectivity index (χ0n) is 13.2. The highest BCUT2D eigenvalue weighted by Gasteiger charge is 2.15. The number of pyridine rings is 1. The molecule has 3 heterocycles. The Morgan fingerprint density at radius 3 is 2.91 bits per heavy atom. The smallest absolute Gasteiger partial charge is 0.223 e. The molecule has 120 valence electrons. The van der Waals surface area contributed by atoms with Crippen LogP contribution >= 0.6 is 0 Å². The maximum atomic E-state index is 12.1. The van der Waals surface area contributed by atoms with Crippen molar-refractivity contribution in [1.29, 1.82) is 5.26 Å². The summed E-state index contributed by atoms with van der Waals surface area (Å²) >= 11 is 0. The molecule has 1 saturated heterocycles. The molecule has 2 aromatic rings. The number of likely N-dealkylation sites (tertiary alicyclic amines) is 1. The number of hydrogen-bond donors (Lipinski definition) is 1. The fraction of sp³-hybridized carbons (Fsp3) is 0.471. The standard InChI is InChI=1S/C17H21N5O/c18-10-14-4-5-16-20-12-15(22(16)13-14)11-19-7-6-17(23)21-8-2-1-3-9-21/h4-5,12-13,19H,1-3,6-9,11H2. The van der Waals surface area contributed by atoms with Crippen LogP contribution in [-0.2, 0) is 11.3 Å². The molecule has 1 aliphatic heterocycles. The number of nitrogens with zero attached hydrogens (tertiary/aromatic N) is 4. The van der Waals surface area contributed by atoms with Gasteiger partial charge >= 0.3 is 0 Å². The lowest BCUT2D eigenvalue weighted by atomic mass is 10.1. The molecule has 0 spiro atoms. The number of imidazole rings is 1. The number of fused-ring (bicyclic) bond motifs is 1. The molecule has 3 rings (SSSR count). The van der Waals surface area contributed by atoms with Gasteiger partial charge in [-0.2, -0.15) is 5.26 Å². The number of amides is 1. The predicted molar refractivity (Wildman–Crippen MR) is 86.7 cm³/mol. The molecule has 0 saturated carbocycles. The van der Waals surface area contributed by atoms with Gasteiger partial charge in [-0.25, -0.2) is 4.98 Å². The monoisotopic (exact) mass is 311 g/mol. The van der Waals surface area contributed by atoms with Gasteiger partial charge in [0, 0.05) is 38.8 Å². The minimum atomic E-state index is 0.238. The van der Waals surface area contributed by atoms with Gasteiger partial charge in [0.2, 0.25) is 5.91 Å². The van der Waals surface area contributed by atoms with E-state index in [1.54, 1.807) is 18.5 Å². The summed E-state index contributed by atoms with van der Waals surface area (Å²) in [6.07, 6.45) is 7.61. The summed E-state index contributed by atoms with van der Waals surface area (Å²) in [6.45, 7) is 3.09. The van der Waals surface area contributed by atoms with E-state index in [0.717, 1.165) is 37.3 Å². The summed E-state index contributed by atoms with van der Waals surface area (Å²) in [7, 11) is 0. The van der Waals surface area contributed by atoms with Gasteiger partial charge in [-0.3, -0.25) is 4.79 Å². The summed E-state index contributed by atoms with van der Waals surface area (Å²) in [4.78, 5) is 18.4. The Morgan fingerprint density at radius 1 is 1.30 bits per heavy atom. The topological polar surface area (TPSA) is 73.4 Å². The van der Waals surface area contributed by atoms with Crippen molar-refractivity contribution in [2.75, 3.05) is 19.6 Å². The molecule has 0 atom stereocenters. The van der Waals surface area contributed by atoms with Crippen molar-refractivity contribution in [2.24, 2.45) is 0 Å². The highest BCUT2D eigenvalue weighted by atomic mass is 16.2. The maximum absolute atomic E-state index is 12.1. The quantitative estimate of drug-likeness (QED) is 0.853. The van der Waals surface area contributed by atoms with Crippen molar-refractivity contribution in [3.63, 3.8) is 0 Å². The predicted octanol–water partition coefficient (Wildman–Crippen LogP) is 1.70. The van der Waals surface area contributed by atoms with Gasteiger partial charge in [0.1, 0.15) is 11.7 Å². The second-order valence-electron chi connectivity index (χ2n) is 5.88. The number of hydrogen-bond acceptors (Lipinski definition) is 4. The average molecular weight is 311 g/mol. The number of rotatable bonds is 5. The van der Waals surface area contributed by atoms with E-state index in [2.05, 4.69) is 16.4 Å². The molecule has 0 unspecified atom stereocenters. The Hall–Kier alpha value is -2.39. The van der Waals surface area contributed by atoms with E-state index in [4.69, 9.17) is 5.26 Å². The average Bonchev–Trinajstić information content (AvgIpc) is 3.01.